The lowest BCUT2D eigenvalue weighted by molar-refractivity contribution is 0.0164. The first-order chi connectivity index (χ1) is 9.22. The molecule has 0 radical (unpaired) electrons. The lowest BCUT2D eigenvalue weighted by atomic mass is 10.3. The van der Waals surface area contributed by atoms with E-state index in [1.54, 1.807) is 0 Å². The summed E-state index contributed by atoms with van der Waals surface area (Å²) in [5.74, 6) is -0.588. The predicted molar refractivity (Wildman–Crippen MR) is 67.1 cm³/mol. The maximum absolute atomic E-state index is 10.9. The molecular formula is C12H16N4O3. The van der Waals surface area contributed by atoms with Crippen LogP contribution in [-0.2, 0) is 4.74 Å². The lowest BCUT2D eigenvalue weighted by Gasteiger charge is -2.33. The Hall–Kier alpha value is -1.73. The molecule has 2 fully saturated rings. The molecule has 0 amide bonds. The zero-order valence-corrected chi connectivity index (χ0v) is 10.5. The van der Waals surface area contributed by atoms with Gasteiger partial charge in [0.1, 0.15) is 6.23 Å². The summed E-state index contributed by atoms with van der Waals surface area (Å²) >= 11 is 0. The van der Waals surface area contributed by atoms with Gasteiger partial charge in [0.15, 0.2) is 5.69 Å². The van der Waals surface area contributed by atoms with E-state index in [1.165, 1.54) is 25.1 Å². The highest BCUT2D eigenvalue weighted by Crippen LogP contribution is 2.21. The number of aromatic nitrogens is 2. The Labute approximate surface area is 110 Å². The summed E-state index contributed by atoms with van der Waals surface area (Å²) in [6.45, 7) is 1.90. The second-order valence-corrected chi connectivity index (χ2v) is 4.79. The Morgan fingerprint density at radius 3 is 3.11 bits per heavy atom. The second-order valence-electron chi connectivity index (χ2n) is 4.79. The van der Waals surface area contributed by atoms with Crippen molar-refractivity contribution in [2.75, 3.05) is 24.6 Å². The van der Waals surface area contributed by atoms with Gasteiger partial charge in [0.2, 0.25) is 5.95 Å². The largest absolute Gasteiger partial charge is 0.477 e. The number of hydrogen-bond donors (Lipinski definition) is 2. The van der Waals surface area contributed by atoms with Crippen molar-refractivity contribution >= 4 is 11.9 Å². The van der Waals surface area contributed by atoms with Gasteiger partial charge in [0.25, 0.3) is 0 Å². The zero-order valence-electron chi connectivity index (χ0n) is 10.5. The van der Waals surface area contributed by atoms with Crippen LogP contribution in [0.1, 0.15) is 23.3 Å². The van der Waals surface area contributed by atoms with Gasteiger partial charge in [-0.2, -0.15) is 0 Å². The number of ether oxygens (including phenoxy) is 1. The highest BCUT2D eigenvalue weighted by molar-refractivity contribution is 5.85. The van der Waals surface area contributed by atoms with Crippen molar-refractivity contribution in [2.45, 2.75) is 25.1 Å². The number of hydrogen-bond acceptors (Lipinski definition) is 6. The van der Waals surface area contributed by atoms with Crippen LogP contribution in [0, 0.1) is 0 Å². The molecular weight excluding hydrogens is 248 g/mol. The van der Waals surface area contributed by atoms with Gasteiger partial charge >= 0.3 is 5.97 Å². The molecule has 0 bridgehead atoms. The molecule has 1 aromatic heterocycles. The van der Waals surface area contributed by atoms with E-state index in [9.17, 15) is 4.79 Å². The minimum atomic E-state index is -1.04. The van der Waals surface area contributed by atoms with Crippen LogP contribution in [-0.4, -0.2) is 53.0 Å². The van der Waals surface area contributed by atoms with Crippen molar-refractivity contribution in [3.63, 3.8) is 0 Å². The molecule has 1 aliphatic carbocycles. The third kappa shape index (κ3) is 2.99. The van der Waals surface area contributed by atoms with Crippen LogP contribution >= 0.6 is 0 Å². The van der Waals surface area contributed by atoms with Gasteiger partial charge in [-0.05, 0) is 18.9 Å². The number of carboxylic acids is 1. The molecule has 19 heavy (non-hydrogen) atoms. The topological polar surface area (TPSA) is 87.6 Å². The molecule has 2 aliphatic rings. The van der Waals surface area contributed by atoms with Crippen LogP contribution < -0.4 is 10.2 Å². The Balaban J connectivity index is 1.69. The lowest BCUT2D eigenvalue weighted by Crippen LogP contribution is -2.50. The minimum absolute atomic E-state index is 0.0168. The first-order valence-corrected chi connectivity index (χ1v) is 6.41. The first-order valence-electron chi connectivity index (χ1n) is 6.41. The maximum Gasteiger partial charge on any atom is 0.354 e. The smallest absolute Gasteiger partial charge is 0.354 e. The molecule has 1 unspecified atom stereocenters. The number of anilines is 1. The maximum atomic E-state index is 10.9. The second kappa shape index (κ2) is 5.10. The first kappa shape index (κ1) is 12.3. The monoisotopic (exact) mass is 264 g/mol. The molecule has 102 valence electrons. The van der Waals surface area contributed by atoms with Crippen molar-refractivity contribution < 1.29 is 14.6 Å². The van der Waals surface area contributed by atoms with Gasteiger partial charge in [-0.3, -0.25) is 5.32 Å². The summed E-state index contributed by atoms with van der Waals surface area (Å²) in [5, 5.41) is 12.3. The molecule has 2 N–H and O–H groups in total. The van der Waals surface area contributed by atoms with Gasteiger partial charge in [0, 0.05) is 18.8 Å². The highest BCUT2D eigenvalue weighted by atomic mass is 16.5. The Morgan fingerprint density at radius 2 is 2.37 bits per heavy atom. The summed E-state index contributed by atoms with van der Waals surface area (Å²) in [7, 11) is 0. The van der Waals surface area contributed by atoms with Crippen molar-refractivity contribution in [3.05, 3.63) is 18.0 Å². The molecule has 1 saturated heterocycles. The summed E-state index contributed by atoms with van der Waals surface area (Å²) < 4.78 is 5.63. The molecule has 1 atom stereocenters. The Morgan fingerprint density at radius 1 is 1.53 bits per heavy atom. The normalized spacial score (nSPS) is 23.4. The fraction of sp³-hybridized carbons (Fsp3) is 0.583. The van der Waals surface area contributed by atoms with Crippen molar-refractivity contribution in [1.82, 2.24) is 15.3 Å². The molecule has 0 spiro atoms. The average molecular weight is 264 g/mol. The Bertz CT molecular complexity index is 478. The van der Waals surface area contributed by atoms with Crippen LogP contribution in [0.5, 0.6) is 0 Å². The zero-order chi connectivity index (χ0) is 13.2. The molecule has 1 saturated carbocycles. The van der Waals surface area contributed by atoms with Gasteiger partial charge < -0.3 is 14.7 Å². The third-order valence-electron chi connectivity index (χ3n) is 3.21. The number of morpholine rings is 1. The molecule has 7 heteroatoms. The van der Waals surface area contributed by atoms with Crippen LogP contribution in [0.3, 0.4) is 0 Å². The van der Waals surface area contributed by atoms with E-state index in [4.69, 9.17) is 9.84 Å². The van der Waals surface area contributed by atoms with E-state index in [2.05, 4.69) is 15.3 Å². The van der Waals surface area contributed by atoms with E-state index in [0.717, 1.165) is 0 Å². The number of rotatable bonds is 4. The summed E-state index contributed by atoms with van der Waals surface area (Å²) in [4.78, 5) is 21.1. The van der Waals surface area contributed by atoms with Crippen LogP contribution in [0.2, 0.25) is 0 Å². The van der Waals surface area contributed by atoms with E-state index >= 15 is 0 Å². The SMILES string of the molecule is O=C(O)c1ccnc(N2CCOC(NC3CC3)C2)n1. The quantitative estimate of drug-likeness (QED) is 0.796. The standard InChI is InChI=1S/C12H16N4O3/c17-11(18)9-3-4-13-12(15-9)16-5-6-19-10(7-16)14-8-1-2-8/h3-4,8,10,14H,1-2,5-7H2,(H,17,18). The minimum Gasteiger partial charge on any atom is -0.477 e. The van der Waals surface area contributed by atoms with Crippen LogP contribution in [0.4, 0.5) is 5.95 Å². The molecule has 7 nitrogen and oxygen atoms in total. The fourth-order valence-electron chi connectivity index (χ4n) is 2.06. The van der Waals surface area contributed by atoms with Crippen molar-refractivity contribution in [1.29, 1.82) is 0 Å². The van der Waals surface area contributed by atoms with Crippen molar-refractivity contribution in [2.24, 2.45) is 0 Å². The number of nitrogens with zero attached hydrogens (tertiary/aromatic N) is 3. The van der Waals surface area contributed by atoms with E-state index in [0.29, 0.717) is 31.7 Å². The number of aromatic carboxylic acids is 1. The summed E-state index contributed by atoms with van der Waals surface area (Å²) in [6.07, 6.45) is 3.85. The number of carboxylic acid groups (broad SMARTS) is 1. The molecule has 3 rings (SSSR count). The predicted octanol–water partition coefficient (Wildman–Crippen LogP) is 0.0895. The highest BCUT2D eigenvalue weighted by Gasteiger charge is 2.29. The average Bonchev–Trinajstić information content (AvgIpc) is 3.23. The van der Waals surface area contributed by atoms with E-state index in [-0.39, 0.29) is 11.9 Å². The molecule has 2 heterocycles. The fourth-order valence-corrected chi connectivity index (χ4v) is 2.06. The summed E-state index contributed by atoms with van der Waals surface area (Å²) in [5.41, 5.74) is 0.0168. The van der Waals surface area contributed by atoms with Gasteiger partial charge in [-0.1, -0.05) is 0 Å². The van der Waals surface area contributed by atoms with E-state index < -0.39 is 5.97 Å². The number of nitrogens with one attached hydrogen (secondary N) is 1. The van der Waals surface area contributed by atoms with Gasteiger partial charge in [-0.25, -0.2) is 14.8 Å². The van der Waals surface area contributed by atoms with Crippen LogP contribution in [0.15, 0.2) is 12.3 Å². The Kier molecular flexibility index (Phi) is 3.31. The van der Waals surface area contributed by atoms with Gasteiger partial charge in [-0.15, -0.1) is 0 Å². The third-order valence-corrected chi connectivity index (χ3v) is 3.21. The van der Waals surface area contributed by atoms with E-state index in [1.807, 2.05) is 4.90 Å². The molecule has 0 aromatic carbocycles. The van der Waals surface area contributed by atoms with Crippen LogP contribution in [0.25, 0.3) is 0 Å². The number of carbonyl (C=O) groups is 1. The molecule has 1 aromatic rings. The van der Waals surface area contributed by atoms with Gasteiger partial charge in [0.05, 0.1) is 13.2 Å². The summed E-state index contributed by atoms with van der Waals surface area (Å²) in [6, 6.07) is 1.96. The molecule has 1 aliphatic heterocycles. The van der Waals surface area contributed by atoms with Crippen molar-refractivity contribution in [3.8, 4) is 0 Å².